The van der Waals surface area contributed by atoms with Gasteiger partial charge in [0, 0.05) is 87.3 Å². The van der Waals surface area contributed by atoms with Gasteiger partial charge in [-0.25, -0.2) is 18.1 Å². The number of carbonyl (C=O) groups excluding carboxylic acids is 1. The van der Waals surface area contributed by atoms with Crippen molar-refractivity contribution in [2.75, 3.05) is 56.6 Å². The number of rotatable bonds is 17. The maximum absolute atomic E-state index is 14.1. The second kappa shape index (κ2) is 22.3. The summed E-state index contributed by atoms with van der Waals surface area (Å²) in [4.78, 5) is 39.9. The van der Waals surface area contributed by atoms with Crippen molar-refractivity contribution in [1.82, 2.24) is 24.5 Å². The molecule has 1 unspecified atom stereocenters. The lowest BCUT2D eigenvalue weighted by Gasteiger charge is -2.58. The van der Waals surface area contributed by atoms with Crippen LogP contribution < -0.4 is 29.1 Å². The van der Waals surface area contributed by atoms with Crippen LogP contribution in [0.1, 0.15) is 111 Å². The number of H-pyrrole nitrogens is 1. The van der Waals surface area contributed by atoms with Crippen molar-refractivity contribution in [3.05, 3.63) is 136 Å². The molecule has 79 heavy (non-hydrogen) atoms. The maximum Gasteiger partial charge on any atom is 0.573 e. The summed E-state index contributed by atoms with van der Waals surface area (Å²) in [5.74, 6) is -0.473. The standard InChI is InChI=1S/C58H67F3N8O9S/c1-37(2)45-7-5-6-8-46(45)50-36-66(35-39-9-14-51(76-4)53(27-39)78-58(59,60)61)25-26-68(50)42-31-57(32-42)20-23-67(24-21-57)41-10-12-47(52(29-41)77-43-28-40-17-22-62-54(40)64-34-43)55(70)65-79(74,75)44-11-13-48(49(30-44)69(72)73)63-33-38-15-18-56(3,71)19-16-38/h5-14,17,22,27-30,34,37-38,42,50,63,71H,15-16,18-21,23-26,31-33,35-36H2,1-4H3,(H,62,64)(H,65,70)/t38-,50?,56-. The number of aromatic amines is 1. The van der Waals surface area contributed by atoms with Gasteiger partial charge in [-0.05, 0) is 141 Å². The normalized spacial score (nSPS) is 21.2. The lowest BCUT2D eigenvalue weighted by molar-refractivity contribution is -0.384. The van der Waals surface area contributed by atoms with Crippen molar-refractivity contribution in [1.29, 1.82) is 0 Å². The monoisotopic (exact) mass is 1110 g/mol. The minimum Gasteiger partial charge on any atom is -0.493 e. The number of amides is 1. The molecule has 21 heteroatoms. The van der Waals surface area contributed by atoms with E-state index in [1.165, 1.54) is 54.8 Å². The molecule has 1 amide bonds. The van der Waals surface area contributed by atoms with Gasteiger partial charge in [-0.15, -0.1) is 13.2 Å². The molecular formula is C58H67F3N8O9S. The van der Waals surface area contributed by atoms with Crippen molar-refractivity contribution in [3.8, 4) is 23.0 Å². The summed E-state index contributed by atoms with van der Waals surface area (Å²) in [5.41, 5.74) is 3.64. The molecule has 4 heterocycles. The third-order valence-corrected chi connectivity index (χ3v) is 17.9. The number of methoxy groups -OCH3 is 1. The number of aliphatic hydroxyl groups is 1. The van der Waals surface area contributed by atoms with Crippen LogP contribution in [0.25, 0.3) is 11.0 Å². The van der Waals surface area contributed by atoms with Crippen LogP contribution in [0, 0.1) is 21.4 Å². The lowest BCUT2D eigenvalue weighted by atomic mass is 9.59. The molecule has 2 saturated heterocycles. The highest BCUT2D eigenvalue weighted by molar-refractivity contribution is 7.90. The number of pyridine rings is 1. The fourth-order valence-corrected chi connectivity index (χ4v) is 13.2. The Morgan fingerprint density at radius 3 is 2.42 bits per heavy atom. The van der Waals surface area contributed by atoms with Crippen molar-refractivity contribution in [3.63, 3.8) is 0 Å². The van der Waals surface area contributed by atoms with Crippen molar-refractivity contribution < 1.29 is 50.6 Å². The van der Waals surface area contributed by atoms with Crippen LogP contribution in [0.15, 0.2) is 108 Å². The molecule has 0 radical (unpaired) electrons. The number of ether oxygens (including phenoxy) is 3. The second-order valence-electron chi connectivity index (χ2n) is 22.4. The minimum atomic E-state index is -4.86. The Balaban J connectivity index is 0.829. The Bertz CT molecular complexity index is 3310. The Labute approximate surface area is 457 Å². The van der Waals surface area contributed by atoms with E-state index >= 15 is 0 Å². The van der Waals surface area contributed by atoms with Gasteiger partial charge >= 0.3 is 6.36 Å². The van der Waals surface area contributed by atoms with Crippen molar-refractivity contribution in [2.45, 2.75) is 114 Å². The van der Waals surface area contributed by atoms with E-state index < -0.39 is 43.4 Å². The highest BCUT2D eigenvalue weighted by Gasteiger charge is 2.50. The summed E-state index contributed by atoms with van der Waals surface area (Å²) in [6.07, 6.45) is 4.98. The van der Waals surface area contributed by atoms with Crippen molar-refractivity contribution in [2.24, 2.45) is 11.3 Å². The number of carbonyl (C=O) groups is 1. The number of nitro benzene ring substituents is 1. The van der Waals surface area contributed by atoms with Crippen LogP contribution >= 0.6 is 0 Å². The van der Waals surface area contributed by atoms with Gasteiger partial charge < -0.3 is 34.5 Å². The fraction of sp³-hybridized carbons (Fsp3) is 0.448. The number of hydrogen-bond donors (Lipinski definition) is 4. The van der Waals surface area contributed by atoms with Crippen LogP contribution in [0.4, 0.5) is 30.2 Å². The average Bonchev–Trinajstić information content (AvgIpc) is 3.97. The third-order valence-electron chi connectivity index (χ3n) is 16.6. The first kappa shape index (κ1) is 55.4. The molecule has 1 atom stereocenters. The first-order valence-electron chi connectivity index (χ1n) is 27.0. The summed E-state index contributed by atoms with van der Waals surface area (Å²) in [6, 6.07) is 25.8. The van der Waals surface area contributed by atoms with Crippen LogP contribution in [0.2, 0.25) is 0 Å². The van der Waals surface area contributed by atoms with E-state index in [0.29, 0.717) is 55.5 Å². The molecule has 2 aliphatic carbocycles. The number of alkyl halides is 3. The predicted octanol–water partition coefficient (Wildman–Crippen LogP) is 11.1. The summed E-state index contributed by atoms with van der Waals surface area (Å²) in [6.45, 7) is 10.7. The molecule has 4 aliphatic rings. The van der Waals surface area contributed by atoms with Crippen LogP contribution in [-0.4, -0.2) is 109 Å². The summed E-state index contributed by atoms with van der Waals surface area (Å²) in [5, 5.41) is 26.5. The van der Waals surface area contributed by atoms with Gasteiger partial charge in [0.2, 0.25) is 0 Å². The zero-order valence-electron chi connectivity index (χ0n) is 44.7. The molecule has 4 fully saturated rings. The number of fused-ring (bicyclic) bond motifs is 1. The van der Waals surface area contributed by atoms with E-state index in [4.69, 9.17) is 9.47 Å². The number of nitrogens with one attached hydrogen (secondary N) is 3. The zero-order valence-corrected chi connectivity index (χ0v) is 45.5. The van der Waals surface area contributed by atoms with Gasteiger partial charge in [0.05, 0.1) is 34.3 Å². The highest BCUT2D eigenvalue weighted by atomic mass is 32.2. The maximum atomic E-state index is 14.1. The fourth-order valence-electron chi connectivity index (χ4n) is 12.2. The summed E-state index contributed by atoms with van der Waals surface area (Å²) >= 11 is 0. The van der Waals surface area contributed by atoms with Gasteiger partial charge in [0.1, 0.15) is 22.8 Å². The first-order valence-corrected chi connectivity index (χ1v) is 28.4. The third kappa shape index (κ3) is 12.6. The number of sulfonamides is 1. The number of anilines is 2. The number of hydrogen-bond acceptors (Lipinski definition) is 14. The Kier molecular flexibility index (Phi) is 15.6. The topological polar surface area (TPSA) is 205 Å². The molecule has 2 aromatic heterocycles. The van der Waals surface area contributed by atoms with Crippen molar-refractivity contribution >= 4 is 44.0 Å². The number of piperidine rings is 1. The highest BCUT2D eigenvalue weighted by Crippen LogP contribution is 2.54. The van der Waals surface area contributed by atoms with E-state index in [1.807, 2.05) is 6.07 Å². The number of nitrogens with zero attached hydrogens (tertiary/aromatic N) is 5. The number of aromatic nitrogens is 2. The van der Waals surface area contributed by atoms with Gasteiger partial charge in [-0.2, -0.15) is 0 Å². The van der Waals surface area contributed by atoms with Gasteiger partial charge in [0.15, 0.2) is 11.5 Å². The molecule has 6 aromatic rings. The Morgan fingerprint density at radius 2 is 1.70 bits per heavy atom. The quantitative estimate of drug-likeness (QED) is 0.0496. The van der Waals surface area contributed by atoms with Crippen LogP contribution in [0.3, 0.4) is 0 Å². The lowest BCUT2D eigenvalue weighted by Crippen LogP contribution is -2.60. The predicted molar refractivity (Wildman–Crippen MR) is 293 cm³/mol. The van der Waals surface area contributed by atoms with Crippen LogP contribution in [-0.2, 0) is 16.6 Å². The molecule has 2 aliphatic heterocycles. The molecular weight excluding hydrogens is 1040 g/mol. The molecule has 4 aromatic carbocycles. The molecule has 0 bridgehead atoms. The number of halogens is 3. The smallest absolute Gasteiger partial charge is 0.493 e. The average molecular weight is 1110 g/mol. The van der Waals surface area contributed by atoms with E-state index in [1.54, 1.807) is 37.4 Å². The minimum absolute atomic E-state index is 0.0138. The zero-order chi connectivity index (χ0) is 55.9. The number of piperazine rings is 1. The molecule has 420 valence electrons. The molecule has 10 rings (SSSR count). The first-order chi connectivity index (χ1) is 37.6. The van der Waals surface area contributed by atoms with Gasteiger partial charge in [-0.3, -0.25) is 24.7 Å². The van der Waals surface area contributed by atoms with Gasteiger partial charge in [-0.1, -0.05) is 44.2 Å². The Morgan fingerprint density at radius 1 is 0.937 bits per heavy atom. The molecule has 17 nitrogen and oxygen atoms in total. The number of benzene rings is 4. The number of nitro groups is 1. The SMILES string of the molecule is COc1ccc(CN2CCN(C3CC4(CCN(c5ccc(C(=O)NS(=O)(=O)c6ccc(NC[C@H]7CC[C@](C)(O)CC7)c([N+](=O)[O-])c6)c(Oc6cnc7[nH]ccc7c6)c5)CC4)C3)C(c3ccccc3C(C)C)C2)cc1OC(F)(F)F. The largest absolute Gasteiger partial charge is 0.573 e. The summed E-state index contributed by atoms with van der Waals surface area (Å²) < 4.78 is 85.8. The van der Waals surface area contributed by atoms with Crippen LogP contribution in [0.5, 0.6) is 23.0 Å². The van der Waals surface area contributed by atoms with E-state index in [0.717, 1.165) is 81.8 Å². The second-order valence-corrected chi connectivity index (χ2v) is 24.1. The molecule has 4 N–H and O–H groups in total. The van der Waals surface area contributed by atoms with E-state index in [-0.39, 0.29) is 51.8 Å². The summed E-state index contributed by atoms with van der Waals surface area (Å²) in [7, 11) is -3.31. The Hall–Kier alpha value is -6.94. The molecule has 1 spiro atoms. The molecule has 2 saturated carbocycles. The van der Waals surface area contributed by atoms with E-state index in [9.17, 15) is 41.6 Å². The van der Waals surface area contributed by atoms with E-state index in [2.05, 4.69) is 77.6 Å². The van der Waals surface area contributed by atoms with Gasteiger partial charge in [0.25, 0.3) is 21.6 Å².